The highest BCUT2D eigenvalue weighted by Crippen LogP contribution is 2.38. The van der Waals surface area contributed by atoms with Gasteiger partial charge in [-0.05, 0) is 57.1 Å². The van der Waals surface area contributed by atoms with Crippen LogP contribution in [0.4, 0.5) is 5.82 Å². The number of carbonyl (C=O) groups excluding carboxylic acids is 1. The minimum atomic E-state index is 0.203. The third kappa shape index (κ3) is 4.58. The molecule has 1 saturated heterocycles. The van der Waals surface area contributed by atoms with E-state index < -0.39 is 0 Å². The Morgan fingerprint density at radius 3 is 2.68 bits per heavy atom. The van der Waals surface area contributed by atoms with Gasteiger partial charge < -0.3 is 24.0 Å². The molecule has 1 aromatic carbocycles. The maximum Gasteiger partial charge on any atom is 0.231 e. The Kier molecular flexibility index (Phi) is 6.04. The van der Waals surface area contributed by atoms with Gasteiger partial charge in [0.05, 0.1) is 18.7 Å². The van der Waals surface area contributed by atoms with Crippen LogP contribution in [0.15, 0.2) is 29.8 Å². The summed E-state index contributed by atoms with van der Waals surface area (Å²) in [5.41, 5.74) is 3.50. The molecule has 3 heterocycles. The maximum atomic E-state index is 13.3. The van der Waals surface area contributed by atoms with E-state index in [1.54, 1.807) is 0 Å². The van der Waals surface area contributed by atoms with Gasteiger partial charge >= 0.3 is 0 Å². The van der Waals surface area contributed by atoms with E-state index in [1.807, 2.05) is 12.1 Å². The zero-order valence-corrected chi connectivity index (χ0v) is 19.8. The monoisotopic (exact) mass is 463 g/mol. The van der Waals surface area contributed by atoms with E-state index in [4.69, 9.17) is 19.2 Å². The molecule has 0 bridgehead atoms. The lowest BCUT2D eigenvalue weighted by Crippen LogP contribution is -2.38. The van der Waals surface area contributed by atoms with Gasteiger partial charge in [-0.3, -0.25) is 4.79 Å². The lowest BCUT2D eigenvalue weighted by atomic mass is 9.97. The summed E-state index contributed by atoms with van der Waals surface area (Å²) in [5.74, 6) is 2.96. The summed E-state index contributed by atoms with van der Waals surface area (Å²) >= 11 is 0. The molecule has 7 nitrogen and oxygen atoms in total. The van der Waals surface area contributed by atoms with Gasteiger partial charge in [0.25, 0.3) is 0 Å². The normalized spacial score (nSPS) is 19.9. The summed E-state index contributed by atoms with van der Waals surface area (Å²) in [5, 5.41) is 1.02. The molecule has 1 saturated carbocycles. The molecule has 1 aromatic heterocycles. The number of carbonyl (C=O) groups is 1. The number of aromatic nitrogens is 1. The minimum absolute atomic E-state index is 0.203. The lowest BCUT2D eigenvalue weighted by Gasteiger charge is -2.31. The number of hydrogen-bond donors (Lipinski definition) is 0. The molecule has 2 aliphatic heterocycles. The first-order valence-electron chi connectivity index (χ1n) is 12.8. The summed E-state index contributed by atoms with van der Waals surface area (Å²) < 4.78 is 16.8. The van der Waals surface area contributed by atoms with Crippen LogP contribution in [0.2, 0.25) is 0 Å². The van der Waals surface area contributed by atoms with Crippen molar-refractivity contribution in [2.75, 3.05) is 44.5 Å². The molecule has 7 heteroatoms. The van der Waals surface area contributed by atoms with E-state index in [0.29, 0.717) is 25.7 Å². The summed E-state index contributed by atoms with van der Waals surface area (Å²) in [6.07, 6.45) is 10.3. The van der Waals surface area contributed by atoms with Crippen molar-refractivity contribution in [3.63, 3.8) is 0 Å². The van der Waals surface area contributed by atoms with Gasteiger partial charge in [-0.15, -0.1) is 0 Å². The Hall–Kier alpha value is -2.80. The zero-order chi connectivity index (χ0) is 22.9. The number of fused-ring (bicyclic) bond motifs is 2. The van der Waals surface area contributed by atoms with Crippen molar-refractivity contribution in [2.45, 2.75) is 51.5 Å². The van der Waals surface area contributed by atoms with Crippen molar-refractivity contribution in [3.8, 4) is 11.5 Å². The molecule has 0 atom stereocenters. The standard InChI is InChI=1S/C27H33N3O4/c31-27(20-6-7-20)30(9-8-19-4-2-1-3-5-19)17-22-14-21-15-24-25(34-18-33-24)16-23(21)28-26(22)29-10-12-32-13-11-29/h4,14-16,20H,1-3,5-13,17-18H2. The van der Waals surface area contributed by atoms with E-state index in [1.165, 1.54) is 31.3 Å². The number of rotatable bonds is 7. The van der Waals surface area contributed by atoms with Crippen LogP contribution < -0.4 is 14.4 Å². The maximum absolute atomic E-state index is 13.3. The fourth-order valence-corrected chi connectivity index (χ4v) is 5.23. The van der Waals surface area contributed by atoms with Crippen molar-refractivity contribution in [2.24, 2.45) is 5.92 Å². The van der Waals surface area contributed by atoms with Crippen molar-refractivity contribution in [3.05, 3.63) is 35.4 Å². The highest BCUT2D eigenvalue weighted by atomic mass is 16.7. The van der Waals surface area contributed by atoms with Gasteiger partial charge in [0.2, 0.25) is 12.7 Å². The van der Waals surface area contributed by atoms with Crippen LogP contribution in [0.5, 0.6) is 11.5 Å². The van der Waals surface area contributed by atoms with Gasteiger partial charge in [0.1, 0.15) is 5.82 Å². The average molecular weight is 464 g/mol. The van der Waals surface area contributed by atoms with Gasteiger partial charge in [-0.2, -0.15) is 0 Å². The molecule has 180 valence electrons. The summed E-state index contributed by atoms with van der Waals surface area (Å²) in [7, 11) is 0. The quantitative estimate of drug-likeness (QED) is 0.566. The Morgan fingerprint density at radius 1 is 1.09 bits per heavy atom. The van der Waals surface area contributed by atoms with Gasteiger partial charge in [-0.25, -0.2) is 4.98 Å². The SMILES string of the molecule is O=C(C1CC1)N(CCC1=CCCCC1)Cc1cc2cc3c(cc2nc1N1CCOCC1)OCO3. The third-order valence-electron chi connectivity index (χ3n) is 7.36. The Bertz CT molecular complexity index is 1100. The first-order chi connectivity index (χ1) is 16.7. The van der Waals surface area contributed by atoms with Crippen molar-refractivity contribution >= 4 is 22.6 Å². The van der Waals surface area contributed by atoms with Crippen LogP contribution in [0.1, 0.15) is 50.5 Å². The van der Waals surface area contributed by atoms with E-state index in [0.717, 1.165) is 72.7 Å². The second-order valence-electron chi connectivity index (χ2n) is 9.86. The zero-order valence-electron chi connectivity index (χ0n) is 19.8. The summed E-state index contributed by atoms with van der Waals surface area (Å²) in [6.45, 7) is 4.61. The molecule has 0 unspecified atom stereocenters. The van der Waals surface area contributed by atoms with E-state index >= 15 is 0 Å². The number of hydrogen-bond acceptors (Lipinski definition) is 6. The number of allylic oxidation sites excluding steroid dienone is 1. The van der Waals surface area contributed by atoms with Crippen LogP contribution in [-0.2, 0) is 16.1 Å². The van der Waals surface area contributed by atoms with E-state index in [-0.39, 0.29) is 12.7 Å². The third-order valence-corrected chi connectivity index (χ3v) is 7.36. The molecular formula is C27H33N3O4. The Labute approximate surface area is 200 Å². The van der Waals surface area contributed by atoms with E-state index in [9.17, 15) is 4.79 Å². The van der Waals surface area contributed by atoms with Crippen LogP contribution >= 0.6 is 0 Å². The largest absolute Gasteiger partial charge is 0.454 e. The molecule has 2 aliphatic carbocycles. The molecule has 0 spiro atoms. The highest BCUT2D eigenvalue weighted by molar-refractivity contribution is 5.86. The first kappa shape index (κ1) is 21.7. The van der Waals surface area contributed by atoms with Crippen LogP contribution in [0.25, 0.3) is 10.9 Å². The number of amides is 1. The topological polar surface area (TPSA) is 64.1 Å². The number of ether oxygens (including phenoxy) is 3. The Balaban J connectivity index is 1.33. The minimum Gasteiger partial charge on any atom is -0.454 e. The first-order valence-corrected chi connectivity index (χ1v) is 12.8. The molecule has 1 amide bonds. The van der Waals surface area contributed by atoms with Gasteiger partial charge in [0.15, 0.2) is 11.5 Å². The number of nitrogens with zero attached hydrogens (tertiary/aromatic N) is 3. The number of pyridine rings is 1. The van der Waals surface area contributed by atoms with Crippen LogP contribution in [0.3, 0.4) is 0 Å². The molecule has 4 aliphatic rings. The number of morpholine rings is 1. The van der Waals surface area contributed by atoms with Crippen molar-refractivity contribution in [1.29, 1.82) is 0 Å². The van der Waals surface area contributed by atoms with Gasteiger partial charge in [-0.1, -0.05) is 11.6 Å². The number of anilines is 1. The average Bonchev–Trinajstić information content (AvgIpc) is 3.64. The molecule has 0 radical (unpaired) electrons. The fourth-order valence-electron chi connectivity index (χ4n) is 5.23. The Morgan fingerprint density at radius 2 is 1.91 bits per heavy atom. The predicted octanol–water partition coefficient (Wildman–Crippen LogP) is 4.43. The summed E-state index contributed by atoms with van der Waals surface area (Å²) in [4.78, 5) is 22.8. The summed E-state index contributed by atoms with van der Waals surface area (Å²) in [6, 6.07) is 6.17. The molecular weight excluding hydrogens is 430 g/mol. The highest BCUT2D eigenvalue weighted by Gasteiger charge is 2.34. The molecule has 34 heavy (non-hydrogen) atoms. The van der Waals surface area contributed by atoms with E-state index in [2.05, 4.69) is 21.9 Å². The second kappa shape index (κ2) is 9.45. The second-order valence-corrected chi connectivity index (χ2v) is 9.86. The van der Waals surface area contributed by atoms with Crippen molar-refractivity contribution < 1.29 is 19.0 Å². The van der Waals surface area contributed by atoms with Crippen molar-refractivity contribution in [1.82, 2.24) is 9.88 Å². The van der Waals surface area contributed by atoms with Crippen LogP contribution in [0, 0.1) is 5.92 Å². The predicted molar refractivity (Wildman–Crippen MR) is 130 cm³/mol. The fraction of sp³-hybridized carbons (Fsp3) is 0.556. The molecule has 2 aromatic rings. The number of benzene rings is 1. The van der Waals surface area contributed by atoms with Gasteiger partial charge in [0, 0.05) is 49.1 Å². The smallest absolute Gasteiger partial charge is 0.231 e. The molecule has 6 rings (SSSR count). The van der Waals surface area contributed by atoms with Crippen LogP contribution in [-0.4, -0.2) is 55.4 Å². The lowest BCUT2D eigenvalue weighted by molar-refractivity contribution is -0.133. The molecule has 0 N–H and O–H groups in total. The molecule has 2 fully saturated rings.